The fourth-order valence-electron chi connectivity index (χ4n) is 8.98. The van der Waals surface area contributed by atoms with E-state index in [1.165, 1.54) is 25.0 Å². The lowest BCUT2D eigenvalue weighted by atomic mass is 9.84. The Morgan fingerprint density at radius 3 is 1.45 bits per heavy atom. The van der Waals surface area contributed by atoms with Crippen LogP contribution < -0.4 is 20.0 Å². The van der Waals surface area contributed by atoms with Crippen LogP contribution in [0.3, 0.4) is 0 Å². The molecule has 0 aromatic heterocycles. The van der Waals surface area contributed by atoms with Gasteiger partial charge in [0.1, 0.15) is 23.0 Å². The topological polar surface area (TPSA) is 180 Å². The lowest BCUT2D eigenvalue weighted by Gasteiger charge is -2.31. The summed E-state index contributed by atoms with van der Waals surface area (Å²) in [6.07, 6.45) is 2.28. The zero-order valence-electron chi connectivity index (χ0n) is 51.6. The second-order valence-electron chi connectivity index (χ2n) is 24.5. The lowest BCUT2D eigenvalue weighted by Crippen LogP contribution is -2.33. The molecule has 0 saturated carbocycles. The van der Waals surface area contributed by atoms with Gasteiger partial charge < -0.3 is 39.5 Å². The Balaban J connectivity index is 0.000000413. The van der Waals surface area contributed by atoms with Gasteiger partial charge in [0.05, 0.1) is 33.1 Å². The minimum Gasteiger partial charge on any atom is -0.481 e. The first-order valence-electron chi connectivity index (χ1n) is 28.5. The number of ether oxygens (including phenoxy) is 1. The maximum absolute atomic E-state index is 14.1. The molecule has 1 fully saturated rings. The number of halogens is 2. The molecule has 0 radical (unpaired) electrons. The molecule has 82 heavy (non-hydrogen) atoms. The highest BCUT2D eigenvalue weighted by atomic mass is 19.1. The fourth-order valence-corrected chi connectivity index (χ4v) is 8.98. The van der Waals surface area contributed by atoms with Gasteiger partial charge in [0.15, 0.2) is 0 Å². The minimum atomic E-state index is -1.16. The summed E-state index contributed by atoms with van der Waals surface area (Å²) < 4.78 is 32.2. The normalized spacial score (nSPS) is 12.2. The number of carboxylic acids is 1. The van der Waals surface area contributed by atoms with Gasteiger partial charge in [0.25, 0.3) is 16.9 Å². The molecule has 4 aromatic rings. The zero-order chi connectivity index (χ0) is 62.2. The van der Waals surface area contributed by atoms with Crippen molar-refractivity contribution in [3.8, 4) is 0 Å². The number of carbonyl (C=O) groups is 2. The molecule has 450 valence electrons. The number of nitro benzene ring substituents is 2. The van der Waals surface area contributed by atoms with E-state index in [0.29, 0.717) is 69.3 Å². The third kappa shape index (κ3) is 23.7. The van der Waals surface area contributed by atoms with Crippen LogP contribution >= 0.6 is 0 Å². The van der Waals surface area contributed by atoms with Gasteiger partial charge in [-0.25, -0.2) is 21.9 Å². The van der Waals surface area contributed by atoms with Gasteiger partial charge in [-0.05, 0) is 116 Å². The quantitative estimate of drug-likeness (QED) is 0.0387. The lowest BCUT2D eigenvalue weighted by molar-refractivity contribution is -0.384. The monoisotopic (exact) mass is 1140 g/mol. The summed E-state index contributed by atoms with van der Waals surface area (Å²) in [7, 11) is 0. The van der Waals surface area contributed by atoms with Crippen molar-refractivity contribution in [1.82, 2.24) is 0 Å². The number of nitro groups is 2. The van der Waals surface area contributed by atoms with Crippen molar-refractivity contribution in [2.24, 2.45) is 35.5 Å². The molecule has 16 nitrogen and oxygen atoms in total. The van der Waals surface area contributed by atoms with Crippen molar-refractivity contribution >= 4 is 46.0 Å². The van der Waals surface area contributed by atoms with Gasteiger partial charge in [-0.15, -0.1) is 0 Å². The maximum Gasteiger partial charge on any atom is 0.313 e. The van der Waals surface area contributed by atoms with Crippen molar-refractivity contribution in [1.29, 1.82) is 0 Å². The molecule has 4 aromatic carbocycles. The number of anilines is 4. The Hall–Kier alpha value is -7.18. The summed E-state index contributed by atoms with van der Waals surface area (Å²) in [4.78, 5) is 60.1. The highest BCUT2D eigenvalue weighted by Crippen LogP contribution is 2.37. The number of amides is 1. The number of carbonyl (C=O) groups excluding carboxylic acids is 1. The van der Waals surface area contributed by atoms with Crippen LogP contribution in [0.5, 0.6) is 0 Å². The van der Waals surface area contributed by atoms with Crippen molar-refractivity contribution in [2.75, 3.05) is 72.5 Å². The van der Waals surface area contributed by atoms with E-state index >= 15 is 0 Å². The van der Waals surface area contributed by atoms with E-state index in [1.807, 2.05) is 18.2 Å². The number of carboxylic acid groups (broad SMARTS) is 1. The van der Waals surface area contributed by atoms with E-state index in [9.17, 15) is 43.7 Å². The number of rotatable bonds is 24. The third-order valence-electron chi connectivity index (χ3n) is 12.9. The molecule has 1 amide bonds. The first kappa shape index (κ1) is 70.9. The standard InChI is InChI=1S/C26H34F2N2O3.C18H27N3O2.C16H23N3O2.C4H8O/c1-16(2)14-30(15-17(3)4)23-10-8-19(26(5,6)25(32)33)12-22(23)29-24(31)11-18-7-9-20(27)13-21(18)28;1-13(2)11-20(12-14(3)4)16-9-8-15(18(5,6)19-7)10-17(16)21(22)23;1-12(2)10-18(11-13(3)4)15-7-6-14(9-17-5)8-16(15)19(20)21;1-2-4-5-3-1/h7-10,12-13,16-17H,11,14-15H2,1-6H3,(H,29,31)(H,32,33);8-10,13-14H,11-12H2,1-6H3;6-8,12-13H,9-11H2,1-4H3;1-4H2. The van der Waals surface area contributed by atoms with E-state index in [4.69, 9.17) is 17.9 Å². The zero-order valence-corrected chi connectivity index (χ0v) is 51.6. The third-order valence-corrected chi connectivity index (χ3v) is 12.9. The Labute approximate surface area is 487 Å². The van der Waals surface area contributed by atoms with Crippen molar-refractivity contribution in [3.05, 3.63) is 150 Å². The number of aliphatic carboxylic acids is 1. The second-order valence-corrected chi connectivity index (χ2v) is 24.5. The molecule has 1 aliphatic rings. The Kier molecular flexibility index (Phi) is 29.1. The van der Waals surface area contributed by atoms with E-state index in [2.05, 4.69) is 113 Å². The van der Waals surface area contributed by atoms with Crippen LogP contribution in [0.1, 0.15) is 146 Å². The largest absolute Gasteiger partial charge is 0.481 e. The Bertz CT molecular complexity index is 2760. The molecular weight excluding hydrogens is 1050 g/mol. The molecule has 1 aliphatic heterocycles. The van der Waals surface area contributed by atoms with Crippen LogP contribution in [-0.4, -0.2) is 79.3 Å². The molecule has 0 atom stereocenters. The average Bonchev–Trinajstić information content (AvgIpc) is 4.02. The fraction of sp³-hybridized carbons (Fsp3) is 0.562. The summed E-state index contributed by atoms with van der Waals surface area (Å²) in [5.74, 6) is -0.569. The second kappa shape index (κ2) is 33.7. The van der Waals surface area contributed by atoms with E-state index < -0.39 is 34.5 Å². The SMILES string of the molecule is C1CCOC1.CC(C)CN(CC(C)C)c1ccc(C(C)(C)C(=O)O)cc1NC(=O)Cc1ccc(F)cc1F.[C-]#[N+]C(C)(C)c1ccc(N(CC(C)C)CC(C)C)c([N+](=O)[O-])c1.[C-]#[N+]Cc1ccc(N(CC(C)C)CC(C)C)c([N+](=O)[O-])c1. The van der Waals surface area contributed by atoms with Crippen molar-refractivity contribution < 1.29 is 38.1 Å². The van der Waals surface area contributed by atoms with Crippen molar-refractivity contribution in [2.45, 2.75) is 148 Å². The number of nitrogens with one attached hydrogen (secondary N) is 1. The Morgan fingerprint density at radius 1 is 0.634 bits per heavy atom. The number of benzene rings is 4. The molecule has 1 heterocycles. The van der Waals surface area contributed by atoms with E-state index in [0.717, 1.165) is 70.3 Å². The van der Waals surface area contributed by atoms with Gasteiger partial charge >= 0.3 is 5.97 Å². The predicted molar refractivity (Wildman–Crippen MR) is 328 cm³/mol. The molecule has 0 unspecified atom stereocenters. The first-order chi connectivity index (χ1) is 38.2. The first-order valence-corrected chi connectivity index (χ1v) is 28.5. The van der Waals surface area contributed by atoms with E-state index in [1.54, 1.807) is 58.0 Å². The van der Waals surface area contributed by atoms with Gasteiger partial charge in [-0.1, -0.05) is 95.2 Å². The average molecular weight is 1140 g/mol. The summed E-state index contributed by atoms with van der Waals surface area (Å²) in [5.41, 5.74) is 2.77. The summed E-state index contributed by atoms with van der Waals surface area (Å²) in [6.45, 7) is 52.9. The number of nitrogens with zero attached hydrogens (tertiary/aromatic N) is 7. The van der Waals surface area contributed by atoms with Crippen LogP contribution in [0.4, 0.5) is 42.9 Å². The van der Waals surface area contributed by atoms with E-state index in [-0.39, 0.29) is 39.8 Å². The van der Waals surface area contributed by atoms with Crippen LogP contribution in [0.25, 0.3) is 9.69 Å². The molecule has 2 N–H and O–H groups in total. The molecule has 0 bridgehead atoms. The smallest absolute Gasteiger partial charge is 0.313 e. The minimum absolute atomic E-state index is 0.0821. The number of hydrogen-bond donors (Lipinski definition) is 2. The highest BCUT2D eigenvalue weighted by molar-refractivity contribution is 5.96. The van der Waals surface area contributed by atoms with Gasteiger partial charge in [0, 0.05) is 95.7 Å². The molecule has 18 heteroatoms. The summed E-state index contributed by atoms with van der Waals surface area (Å²) in [5, 5.41) is 35.4. The van der Waals surface area contributed by atoms with Gasteiger partial charge in [-0.2, -0.15) is 0 Å². The molecule has 0 aliphatic carbocycles. The molecular formula is C64H92F2N8O8. The summed E-state index contributed by atoms with van der Waals surface area (Å²) in [6, 6.07) is 18.7. The molecule has 5 rings (SSSR count). The molecule has 1 saturated heterocycles. The highest BCUT2D eigenvalue weighted by Gasteiger charge is 2.32. The van der Waals surface area contributed by atoms with Crippen LogP contribution in [0, 0.1) is 80.5 Å². The Morgan fingerprint density at radius 2 is 1.06 bits per heavy atom. The van der Waals surface area contributed by atoms with Crippen molar-refractivity contribution in [3.63, 3.8) is 0 Å². The predicted octanol–water partition coefficient (Wildman–Crippen LogP) is 15.4. The maximum atomic E-state index is 14.1. The van der Waals surface area contributed by atoms with Crippen LogP contribution in [0.2, 0.25) is 0 Å². The number of hydrogen-bond acceptors (Lipinski definition) is 10. The van der Waals surface area contributed by atoms with Gasteiger partial charge in [0.2, 0.25) is 12.5 Å². The van der Waals surface area contributed by atoms with Gasteiger partial charge in [-0.3, -0.25) is 29.8 Å². The van der Waals surface area contributed by atoms with Crippen LogP contribution in [-0.2, 0) is 38.2 Å². The summed E-state index contributed by atoms with van der Waals surface area (Å²) >= 11 is 0. The molecule has 0 spiro atoms. The van der Waals surface area contributed by atoms with Crippen LogP contribution in [0.15, 0.2) is 72.8 Å².